The number of nitrogens with two attached hydrogens (primary N) is 1. The second kappa shape index (κ2) is 9.20. The van der Waals surface area contributed by atoms with Crippen LogP contribution in [-0.2, 0) is 20.7 Å². The van der Waals surface area contributed by atoms with Gasteiger partial charge < -0.3 is 15.8 Å². The van der Waals surface area contributed by atoms with Crippen molar-refractivity contribution in [3.05, 3.63) is 35.9 Å². The first-order valence-corrected chi connectivity index (χ1v) is 7.70. The Labute approximate surface area is 132 Å². The van der Waals surface area contributed by atoms with E-state index in [1.165, 1.54) is 0 Å². The highest BCUT2D eigenvalue weighted by atomic mass is 16.5. The Morgan fingerprint density at radius 1 is 1.23 bits per heavy atom. The van der Waals surface area contributed by atoms with E-state index < -0.39 is 18.1 Å². The minimum Gasteiger partial charge on any atom is -0.464 e. The molecule has 0 heterocycles. The molecule has 0 unspecified atom stereocenters. The van der Waals surface area contributed by atoms with E-state index in [1.807, 2.05) is 44.2 Å². The topological polar surface area (TPSA) is 81.4 Å². The number of ether oxygens (including phenoxy) is 1. The van der Waals surface area contributed by atoms with E-state index in [4.69, 9.17) is 10.5 Å². The third kappa shape index (κ3) is 6.26. The monoisotopic (exact) mass is 306 g/mol. The Bertz CT molecular complexity index is 474. The zero-order chi connectivity index (χ0) is 16.5. The molecular weight excluding hydrogens is 280 g/mol. The average Bonchev–Trinajstić information content (AvgIpc) is 2.47. The van der Waals surface area contributed by atoms with Gasteiger partial charge in [-0.1, -0.05) is 44.2 Å². The molecule has 0 aliphatic heterocycles. The minimum absolute atomic E-state index is 0.276. The molecule has 0 aromatic heterocycles. The number of carbonyl (C=O) groups is 2. The van der Waals surface area contributed by atoms with E-state index in [0.717, 1.165) is 5.56 Å². The summed E-state index contributed by atoms with van der Waals surface area (Å²) in [6.07, 6.45) is 0.965. The van der Waals surface area contributed by atoms with Crippen LogP contribution >= 0.6 is 0 Å². The maximum Gasteiger partial charge on any atom is 0.328 e. The molecule has 2 atom stereocenters. The first-order chi connectivity index (χ1) is 10.4. The van der Waals surface area contributed by atoms with E-state index in [9.17, 15) is 9.59 Å². The van der Waals surface area contributed by atoms with Crippen molar-refractivity contribution in [3.8, 4) is 0 Å². The molecule has 0 aliphatic rings. The summed E-state index contributed by atoms with van der Waals surface area (Å²) in [5, 5.41) is 2.72. The van der Waals surface area contributed by atoms with Gasteiger partial charge in [-0.2, -0.15) is 0 Å². The Morgan fingerprint density at radius 3 is 2.41 bits per heavy atom. The van der Waals surface area contributed by atoms with Crippen LogP contribution in [0.2, 0.25) is 0 Å². The predicted molar refractivity (Wildman–Crippen MR) is 86.1 cm³/mol. The van der Waals surface area contributed by atoms with Crippen molar-refractivity contribution < 1.29 is 14.3 Å². The van der Waals surface area contributed by atoms with Gasteiger partial charge in [-0.05, 0) is 24.8 Å². The molecule has 0 fully saturated rings. The van der Waals surface area contributed by atoms with Gasteiger partial charge in [-0.25, -0.2) is 4.79 Å². The van der Waals surface area contributed by atoms with Crippen molar-refractivity contribution in [2.75, 3.05) is 6.61 Å². The number of hydrogen-bond donors (Lipinski definition) is 2. The summed E-state index contributed by atoms with van der Waals surface area (Å²) >= 11 is 0. The maximum atomic E-state index is 12.1. The van der Waals surface area contributed by atoms with E-state index in [-0.39, 0.29) is 12.5 Å². The van der Waals surface area contributed by atoms with Crippen LogP contribution in [0.1, 0.15) is 32.8 Å². The molecule has 1 aromatic rings. The van der Waals surface area contributed by atoms with Crippen LogP contribution in [0.25, 0.3) is 0 Å². The third-order valence-corrected chi connectivity index (χ3v) is 3.23. The van der Waals surface area contributed by atoms with E-state index in [1.54, 1.807) is 6.92 Å². The number of nitrogens with one attached hydrogen (secondary N) is 1. The van der Waals surface area contributed by atoms with Crippen molar-refractivity contribution in [3.63, 3.8) is 0 Å². The van der Waals surface area contributed by atoms with E-state index >= 15 is 0 Å². The molecular formula is C17H26N2O3. The molecule has 1 amide bonds. The van der Waals surface area contributed by atoms with Crippen LogP contribution in [0, 0.1) is 5.92 Å². The van der Waals surface area contributed by atoms with Gasteiger partial charge in [0.15, 0.2) is 0 Å². The minimum atomic E-state index is -0.715. The Hall–Kier alpha value is -1.88. The highest BCUT2D eigenvalue weighted by Gasteiger charge is 2.25. The van der Waals surface area contributed by atoms with Crippen LogP contribution in [0.3, 0.4) is 0 Å². The standard InChI is InChI=1S/C17H26N2O3/c1-4-22-17(21)15(11-13-8-6-5-7-9-13)19-16(20)14(18)10-12(2)3/h5-9,12,14-15H,4,10-11,18H2,1-3H3,(H,19,20)/t14-,15+/m1/s1. The molecule has 122 valence electrons. The van der Waals surface area contributed by atoms with E-state index in [2.05, 4.69) is 5.32 Å². The number of benzene rings is 1. The van der Waals surface area contributed by atoms with Crippen molar-refractivity contribution in [2.24, 2.45) is 11.7 Å². The van der Waals surface area contributed by atoms with Gasteiger partial charge >= 0.3 is 5.97 Å². The molecule has 5 nitrogen and oxygen atoms in total. The van der Waals surface area contributed by atoms with Crippen molar-refractivity contribution in [1.82, 2.24) is 5.32 Å². The zero-order valence-electron chi connectivity index (χ0n) is 13.5. The summed E-state index contributed by atoms with van der Waals surface area (Å²) in [6, 6.07) is 8.17. The fourth-order valence-corrected chi connectivity index (χ4v) is 2.18. The van der Waals surface area contributed by atoms with Crippen LogP contribution in [0.5, 0.6) is 0 Å². The second-order valence-electron chi connectivity index (χ2n) is 5.74. The lowest BCUT2D eigenvalue weighted by molar-refractivity contribution is -0.147. The summed E-state index contributed by atoms with van der Waals surface area (Å²) in [5.41, 5.74) is 6.83. The molecule has 1 rings (SSSR count). The van der Waals surface area contributed by atoms with Gasteiger partial charge in [0.1, 0.15) is 6.04 Å². The summed E-state index contributed by atoms with van der Waals surface area (Å²) in [6.45, 7) is 6.02. The Kier molecular flexibility index (Phi) is 7.60. The molecule has 1 aromatic carbocycles. The Balaban J connectivity index is 2.73. The molecule has 0 bridgehead atoms. The van der Waals surface area contributed by atoms with Gasteiger partial charge in [0, 0.05) is 6.42 Å². The molecule has 0 saturated heterocycles. The highest BCUT2D eigenvalue weighted by molar-refractivity contribution is 5.87. The Morgan fingerprint density at radius 2 is 1.86 bits per heavy atom. The maximum absolute atomic E-state index is 12.1. The lowest BCUT2D eigenvalue weighted by Crippen LogP contribution is -2.50. The van der Waals surface area contributed by atoms with Gasteiger partial charge in [0.05, 0.1) is 12.6 Å². The van der Waals surface area contributed by atoms with Crippen LogP contribution in [-0.4, -0.2) is 30.6 Å². The molecule has 3 N–H and O–H groups in total. The summed E-state index contributed by atoms with van der Waals surface area (Å²) in [5.74, 6) is -0.435. The van der Waals surface area contributed by atoms with Crippen LogP contribution < -0.4 is 11.1 Å². The van der Waals surface area contributed by atoms with Crippen LogP contribution in [0.15, 0.2) is 30.3 Å². The van der Waals surface area contributed by atoms with Crippen molar-refractivity contribution >= 4 is 11.9 Å². The highest BCUT2D eigenvalue weighted by Crippen LogP contribution is 2.07. The second-order valence-corrected chi connectivity index (χ2v) is 5.74. The molecule has 0 spiro atoms. The normalized spacial score (nSPS) is 13.5. The summed E-state index contributed by atoms with van der Waals surface area (Å²) < 4.78 is 5.04. The first-order valence-electron chi connectivity index (χ1n) is 7.70. The third-order valence-electron chi connectivity index (χ3n) is 3.23. The average molecular weight is 306 g/mol. The number of amides is 1. The molecule has 0 radical (unpaired) electrons. The molecule has 22 heavy (non-hydrogen) atoms. The number of esters is 1. The molecule has 5 heteroatoms. The summed E-state index contributed by atoms with van der Waals surface area (Å²) in [4.78, 5) is 24.2. The summed E-state index contributed by atoms with van der Waals surface area (Å²) in [7, 11) is 0. The SMILES string of the molecule is CCOC(=O)[C@H](Cc1ccccc1)NC(=O)[C@H](N)CC(C)C. The molecule has 0 aliphatic carbocycles. The number of carbonyl (C=O) groups excluding carboxylic acids is 2. The van der Waals surface area contributed by atoms with Gasteiger partial charge in [0.2, 0.25) is 5.91 Å². The zero-order valence-corrected chi connectivity index (χ0v) is 13.5. The van der Waals surface area contributed by atoms with Crippen molar-refractivity contribution in [1.29, 1.82) is 0 Å². The fraction of sp³-hybridized carbons (Fsp3) is 0.529. The first kappa shape index (κ1) is 18.2. The quantitative estimate of drug-likeness (QED) is 0.716. The van der Waals surface area contributed by atoms with Crippen LogP contribution in [0.4, 0.5) is 0 Å². The predicted octanol–water partition coefficient (Wildman–Crippen LogP) is 1.65. The van der Waals surface area contributed by atoms with Gasteiger partial charge in [0.25, 0.3) is 0 Å². The number of rotatable bonds is 8. The van der Waals surface area contributed by atoms with Gasteiger partial charge in [-0.15, -0.1) is 0 Å². The van der Waals surface area contributed by atoms with E-state index in [0.29, 0.717) is 18.8 Å². The largest absolute Gasteiger partial charge is 0.464 e. The lowest BCUT2D eigenvalue weighted by Gasteiger charge is -2.20. The fourth-order valence-electron chi connectivity index (χ4n) is 2.18. The van der Waals surface area contributed by atoms with Gasteiger partial charge in [-0.3, -0.25) is 4.79 Å². The smallest absolute Gasteiger partial charge is 0.328 e. The lowest BCUT2D eigenvalue weighted by atomic mass is 10.0. The molecule has 0 saturated carbocycles. The number of hydrogen-bond acceptors (Lipinski definition) is 4. The van der Waals surface area contributed by atoms with Crippen molar-refractivity contribution in [2.45, 2.75) is 45.7 Å².